The number of ether oxygens (including phenoxy) is 2. The highest BCUT2D eigenvalue weighted by atomic mass is 16.6. The number of fused-ring (bicyclic) bond motifs is 2. The summed E-state index contributed by atoms with van der Waals surface area (Å²) in [5.74, 6) is -3.84. The first-order valence-corrected chi connectivity index (χ1v) is 17.4. The third-order valence-electron chi connectivity index (χ3n) is 8.27. The number of hydrogen-bond donors (Lipinski definition) is 5. The number of amides is 4. The van der Waals surface area contributed by atoms with Gasteiger partial charge in [0, 0.05) is 17.8 Å². The summed E-state index contributed by atoms with van der Waals surface area (Å²) in [7, 11) is 0. The molecule has 0 radical (unpaired) electrons. The highest BCUT2D eigenvalue weighted by Gasteiger charge is 2.32. The number of aryl methyl sites for hydroxylation is 2. The molecule has 0 saturated carbocycles. The molecule has 13 heteroatoms. The number of anilines is 1. The topological polar surface area (TPSA) is 189 Å². The maximum Gasteiger partial charge on any atom is 0.407 e. The molecule has 2 aromatic rings. The zero-order chi connectivity index (χ0) is 38.1. The van der Waals surface area contributed by atoms with Crippen LogP contribution in [-0.4, -0.2) is 70.7 Å². The number of carboxylic acid groups (broad SMARTS) is 1. The molecule has 3 rings (SSSR count). The van der Waals surface area contributed by atoms with Crippen LogP contribution in [0, 0.1) is 5.92 Å². The average molecular weight is 709 g/mol. The Balaban J connectivity index is 2.02. The molecule has 1 heterocycles. The number of carbonyl (C=O) groups is 6. The van der Waals surface area contributed by atoms with Crippen molar-refractivity contribution in [3.05, 3.63) is 64.2 Å². The number of unbranched alkanes of at least 4 members (excludes halogenated alkanes) is 1. The fourth-order valence-electron chi connectivity index (χ4n) is 5.43. The number of nitrogens with one attached hydrogen (secondary N) is 4. The van der Waals surface area contributed by atoms with Crippen LogP contribution in [0.2, 0.25) is 0 Å². The molecule has 51 heavy (non-hydrogen) atoms. The molecule has 4 amide bonds. The van der Waals surface area contributed by atoms with E-state index in [-0.39, 0.29) is 42.0 Å². The van der Waals surface area contributed by atoms with Crippen molar-refractivity contribution in [3.63, 3.8) is 0 Å². The summed E-state index contributed by atoms with van der Waals surface area (Å²) in [6, 6.07) is 7.02. The maximum absolute atomic E-state index is 14.0. The molecule has 5 N–H and O–H groups in total. The van der Waals surface area contributed by atoms with E-state index in [1.54, 1.807) is 66.7 Å². The second-order valence-electron chi connectivity index (χ2n) is 14.9. The normalized spacial score (nSPS) is 17.7. The van der Waals surface area contributed by atoms with E-state index in [1.165, 1.54) is 18.2 Å². The van der Waals surface area contributed by atoms with Gasteiger partial charge in [0.05, 0.1) is 11.1 Å². The second kappa shape index (κ2) is 17.3. The molecule has 2 aromatic carbocycles. The Morgan fingerprint density at radius 1 is 0.863 bits per heavy atom. The zero-order valence-corrected chi connectivity index (χ0v) is 30.9. The summed E-state index contributed by atoms with van der Waals surface area (Å²) in [6.45, 7) is 14.5. The Bertz CT molecular complexity index is 1620. The van der Waals surface area contributed by atoms with Crippen molar-refractivity contribution in [1.82, 2.24) is 16.0 Å². The molecular formula is C38H52N4O9. The Labute approximate surface area is 299 Å². The van der Waals surface area contributed by atoms with E-state index in [2.05, 4.69) is 21.3 Å². The lowest BCUT2D eigenvalue weighted by Gasteiger charge is -2.28. The summed E-state index contributed by atoms with van der Waals surface area (Å²) in [5, 5.41) is 20.9. The Morgan fingerprint density at radius 2 is 1.49 bits per heavy atom. The first-order valence-electron chi connectivity index (χ1n) is 17.4. The number of rotatable bonds is 9. The standard InChI is InChI=1S/C38H52N4O9/c1-9-22(2)30-33(45)40-28(12-10-11-19-39-36(49)51-38(6,7)8)32(44)41-29-21-26(35(48)50-37(3,4)5)18-16-24(29)15-13-23-14-17-25(34(46)47)20-27(23)31(43)42-30/h14,16-18,20-22,28,30H,9-13,15,19H2,1-8H3,(H,39,49)(H,40,45)(H,41,44)(H,42,43)(H,46,47)/t22?,28-,30-/m0/s1. The molecule has 0 bridgehead atoms. The van der Waals surface area contributed by atoms with Crippen LogP contribution in [0.25, 0.3) is 0 Å². The van der Waals surface area contributed by atoms with Crippen LogP contribution in [0.3, 0.4) is 0 Å². The SMILES string of the molecule is CCC(C)[C@@H]1NC(=O)c2cc(C(=O)O)ccc2CCc2ccc(C(=O)OC(C)(C)C)cc2NC(=O)[C@H](CCCCNC(=O)OC(C)(C)C)NC1=O. The number of carbonyl (C=O) groups excluding carboxylic acids is 5. The van der Waals surface area contributed by atoms with E-state index in [1.807, 2.05) is 6.92 Å². The predicted molar refractivity (Wildman–Crippen MR) is 192 cm³/mol. The second-order valence-corrected chi connectivity index (χ2v) is 14.9. The smallest absolute Gasteiger partial charge is 0.407 e. The van der Waals surface area contributed by atoms with Crippen molar-refractivity contribution in [1.29, 1.82) is 0 Å². The number of esters is 1. The third kappa shape index (κ3) is 12.4. The van der Waals surface area contributed by atoms with Gasteiger partial charge in [0.15, 0.2) is 0 Å². The molecule has 0 saturated heterocycles. The zero-order valence-electron chi connectivity index (χ0n) is 30.9. The van der Waals surface area contributed by atoms with Crippen LogP contribution in [0.4, 0.5) is 10.5 Å². The summed E-state index contributed by atoms with van der Waals surface area (Å²) in [4.78, 5) is 78.6. The molecule has 13 nitrogen and oxygen atoms in total. The monoisotopic (exact) mass is 708 g/mol. The highest BCUT2D eigenvalue weighted by Crippen LogP contribution is 2.25. The molecule has 1 unspecified atom stereocenters. The van der Waals surface area contributed by atoms with Crippen LogP contribution in [0.5, 0.6) is 0 Å². The lowest BCUT2D eigenvalue weighted by Crippen LogP contribution is -2.55. The van der Waals surface area contributed by atoms with Gasteiger partial charge in [0.2, 0.25) is 11.8 Å². The lowest BCUT2D eigenvalue weighted by atomic mass is 9.93. The van der Waals surface area contributed by atoms with E-state index in [0.717, 1.165) is 0 Å². The number of aromatic carboxylic acids is 1. The van der Waals surface area contributed by atoms with Gasteiger partial charge in [-0.3, -0.25) is 14.4 Å². The third-order valence-corrected chi connectivity index (χ3v) is 8.27. The van der Waals surface area contributed by atoms with Gasteiger partial charge in [0.25, 0.3) is 5.91 Å². The quantitative estimate of drug-likeness (QED) is 0.168. The van der Waals surface area contributed by atoms with Crippen molar-refractivity contribution in [2.75, 3.05) is 11.9 Å². The molecule has 278 valence electrons. The first-order chi connectivity index (χ1) is 23.8. The Morgan fingerprint density at radius 3 is 2.12 bits per heavy atom. The van der Waals surface area contributed by atoms with Gasteiger partial charge in [-0.25, -0.2) is 14.4 Å². The molecule has 3 atom stereocenters. The van der Waals surface area contributed by atoms with E-state index in [0.29, 0.717) is 42.5 Å². The van der Waals surface area contributed by atoms with Crippen LogP contribution in [0.15, 0.2) is 36.4 Å². The summed E-state index contributed by atoms with van der Waals surface area (Å²) >= 11 is 0. The van der Waals surface area contributed by atoms with Gasteiger partial charge in [0.1, 0.15) is 23.3 Å². The van der Waals surface area contributed by atoms with Crippen LogP contribution in [0.1, 0.15) is 123 Å². The van der Waals surface area contributed by atoms with E-state index in [9.17, 15) is 33.9 Å². The molecular weight excluding hydrogens is 656 g/mol. The summed E-state index contributed by atoms with van der Waals surface area (Å²) in [6.07, 6.45) is 1.67. The van der Waals surface area contributed by atoms with Gasteiger partial charge in [-0.1, -0.05) is 32.4 Å². The molecule has 0 aromatic heterocycles. The minimum atomic E-state index is -1.20. The van der Waals surface area contributed by atoms with E-state index >= 15 is 0 Å². The maximum atomic E-state index is 14.0. The van der Waals surface area contributed by atoms with Gasteiger partial charge in [-0.05, 0) is 115 Å². The summed E-state index contributed by atoms with van der Waals surface area (Å²) < 4.78 is 10.8. The van der Waals surface area contributed by atoms with Crippen molar-refractivity contribution in [3.8, 4) is 0 Å². The molecule has 0 spiro atoms. The van der Waals surface area contributed by atoms with Crippen molar-refractivity contribution < 1.29 is 43.3 Å². The Kier molecular flexibility index (Phi) is 13.8. The number of benzene rings is 2. The predicted octanol–water partition coefficient (Wildman–Crippen LogP) is 5.40. The number of carboxylic acids is 1. The Hall–Kier alpha value is -4.94. The molecule has 0 fully saturated rings. The largest absolute Gasteiger partial charge is 0.478 e. The first kappa shape index (κ1) is 40.5. The molecule has 1 aliphatic heterocycles. The van der Waals surface area contributed by atoms with Crippen molar-refractivity contribution in [2.45, 2.75) is 117 Å². The fraction of sp³-hybridized carbons (Fsp3) is 0.526. The summed E-state index contributed by atoms with van der Waals surface area (Å²) in [5.41, 5.74) is 0.365. The molecule has 0 aliphatic carbocycles. The lowest BCUT2D eigenvalue weighted by molar-refractivity contribution is -0.128. The van der Waals surface area contributed by atoms with Gasteiger partial charge >= 0.3 is 18.0 Å². The fourth-order valence-corrected chi connectivity index (χ4v) is 5.43. The number of alkyl carbamates (subject to hydrolysis) is 1. The van der Waals surface area contributed by atoms with E-state index < -0.39 is 59.0 Å². The number of hydrogen-bond acceptors (Lipinski definition) is 8. The van der Waals surface area contributed by atoms with Gasteiger partial charge < -0.3 is 35.8 Å². The van der Waals surface area contributed by atoms with E-state index in [4.69, 9.17) is 9.47 Å². The van der Waals surface area contributed by atoms with Crippen LogP contribution in [-0.2, 0) is 31.9 Å². The average Bonchev–Trinajstić information content (AvgIpc) is 3.03. The van der Waals surface area contributed by atoms with Crippen molar-refractivity contribution in [2.24, 2.45) is 5.92 Å². The van der Waals surface area contributed by atoms with Crippen LogP contribution >= 0.6 is 0 Å². The highest BCUT2D eigenvalue weighted by molar-refractivity contribution is 6.03. The minimum absolute atomic E-state index is 0.0783. The van der Waals surface area contributed by atoms with Gasteiger partial charge in [-0.2, -0.15) is 0 Å². The van der Waals surface area contributed by atoms with Crippen LogP contribution < -0.4 is 21.3 Å². The minimum Gasteiger partial charge on any atom is -0.478 e. The molecule has 1 aliphatic rings. The van der Waals surface area contributed by atoms with Crippen molar-refractivity contribution >= 4 is 41.4 Å². The van der Waals surface area contributed by atoms with Gasteiger partial charge in [-0.15, -0.1) is 0 Å².